The second-order valence-corrected chi connectivity index (χ2v) is 9.71. The Morgan fingerprint density at radius 1 is 1.08 bits per heavy atom. The highest BCUT2D eigenvalue weighted by Gasteiger charge is 2.25. The molecular weight excluding hydrogens is 478 g/mol. The number of carbonyl (C=O) groups is 2. The van der Waals surface area contributed by atoms with Crippen LogP contribution in [0.1, 0.15) is 24.4 Å². The van der Waals surface area contributed by atoms with Gasteiger partial charge in [-0.2, -0.15) is 0 Å². The Kier molecular flexibility index (Phi) is 7.65. The van der Waals surface area contributed by atoms with Crippen molar-refractivity contribution in [2.24, 2.45) is 0 Å². The van der Waals surface area contributed by atoms with Gasteiger partial charge in [0.1, 0.15) is 10.8 Å². The fourth-order valence-corrected chi connectivity index (χ4v) is 4.24. The summed E-state index contributed by atoms with van der Waals surface area (Å²) in [7, 11) is 1.51. The van der Waals surface area contributed by atoms with Crippen LogP contribution in [0.4, 0.5) is 11.4 Å². The first-order chi connectivity index (χ1) is 17.3. The zero-order chi connectivity index (χ0) is 25.5. The number of hydrogen-bond donors (Lipinski definition) is 3. The Bertz CT molecular complexity index is 1300. The van der Waals surface area contributed by atoms with E-state index in [0.717, 1.165) is 16.3 Å². The molecular formula is C26H27N5O4S. The summed E-state index contributed by atoms with van der Waals surface area (Å²) >= 11 is 1.60. The first-order valence-electron chi connectivity index (χ1n) is 11.2. The summed E-state index contributed by atoms with van der Waals surface area (Å²) in [6.07, 6.45) is 5.23. The first-order valence-corrected chi connectivity index (χ1v) is 12.1. The molecule has 0 unspecified atom stereocenters. The lowest BCUT2D eigenvalue weighted by Gasteiger charge is -2.26. The van der Waals surface area contributed by atoms with Crippen LogP contribution in [-0.4, -0.2) is 34.4 Å². The van der Waals surface area contributed by atoms with Gasteiger partial charge in [0.15, 0.2) is 12.2 Å². The molecule has 0 saturated carbocycles. The molecule has 9 nitrogen and oxygen atoms in total. The van der Waals surface area contributed by atoms with E-state index in [1.807, 2.05) is 43.5 Å². The molecule has 4 aromatic rings. The van der Waals surface area contributed by atoms with Crippen molar-refractivity contribution in [3.05, 3.63) is 77.2 Å². The molecule has 0 radical (unpaired) electrons. The second kappa shape index (κ2) is 11.0. The molecule has 0 bridgehead atoms. The molecule has 0 aliphatic heterocycles. The number of oxazole rings is 1. The highest BCUT2D eigenvalue weighted by molar-refractivity contribution is 7.09. The molecule has 0 spiro atoms. The van der Waals surface area contributed by atoms with Gasteiger partial charge in [0.05, 0.1) is 25.4 Å². The molecule has 2 heterocycles. The van der Waals surface area contributed by atoms with Crippen LogP contribution in [0.3, 0.4) is 0 Å². The maximum atomic E-state index is 12.6. The average molecular weight is 506 g/mol. The predicted octanol–water partition coefficient (Wildman–Crippen LogP) is 4.49. The van der Waals surface area contributed by atoms with Gasteiger partial charge < -0.3 is 25.1 Å². The molecule has 0 saturated heterocycles. The maximum absolute atomic E-state index is 12.6. The SMILES string of the molecule is COc1cc(NC(=O)C(=O)NC(C)(C)Cc2ccc(NCc3nccs3)cc2)ccc1-c1cnco1. The normalized spacial score (nSPS) is 11.1. The van der Waals surface area contributed by atoms with E-state index in [4.69, 9.17) is 9.15 Å². The number of thiazole rings is 1. The van der Waals surface area contributed by atoms with Gasteiger partial charge >= 0.3 is 11.8 Å². The van der Waals surface area contributed by atoms with Gasteiger partial charge in [-0.05, 0) is 50.1 Å². The number of hydrogen-bond acceptors (Lipinski definition) is 8. The summed E-state index contributed by atoms with van der Waals surface area (Å²) in [5, 5.41) is 11.7. The number of carbonyl (C=O) groups excluding carboxylic acids is 2. The monoisotopic (exact) mass is 505 g/mol. The zero-order valence-electron chi connectivity index (χ0n) is 20.2. The Morgan fingerprint density at radius 3 is 2.53 bits per heavy atom. The van der Waals surface area contributed by atoms with Crippen molar-refractivity contribution in [2.75, 3.05) is 17.7 Å². The highest BCUT2D eigenvalue weighted by Crippen LogP contribution is 2.32. The second-order valence-electron chi connectivity index (χ2n) is 8.73. The van der Waals surface area contributed by atoms with Crippen molar-refractivity contribution in [1.82, 2.24) is 15.3 Å². The molecule has 4 rings (SSSR count). The average Bonchev–Trinajstić information content (AvgIpc) is 3.57. The van der Waals surface area contributed by atoms with Gasteiger partial charge in [0.2, 0.25) is 0 Å². The van der Waals surface area contributed by atoms with Gasteiger partial charge in [-0.25, -0.2) is 9.97 Å². The van der Waals surface area contributed by atoms with E-state index < -0.39 is 17.4 Å². The standard InChI is InChI=1S/C26H27N5O4S/c1-26(2,13-17-4-6-18(7-5-17)29-15-23-28-10-11-36-23)31-25(33)24(32)30-19-8-9-20(21(12-19)34-3)22-14-27-16-35-22/h4-12,14,16,29H,13,15H2,1-3H3,(H,30,32)(H,31,33). The Morgan fingerprint density at radius 2 is 1.86 bits per heavy atom. The number of nitrogens with zero attached hydrogens (tertiary/aromatic N) is 2. The highest BCUT2D eigenvalue weighted by atomic mass is 32.1. The Hall–Kier alpha value is -4.18. The lowest BCUT2D eigenvalue weighted by molar-refractivity contribution is -0.137. The zero-order valence-corrected chi connectivity index (χ0v) is 21.0. The minimum atomic E-state index is -0.765. The smallest absolute Gasteiger partial charge is 0.313 e. The molecule has 186 valence electrons. The lowest BCUT2D eigenvalue weighted by Crippen LogP contribution is -2.49. The quantitative estimate of drug-likeness (QED) is 0.287. The van der Waals surface area contributed by atoms with Crippen LogP contribution in [0, 0.1) is 0 Å². The van der Waals surface area contributed by atoms with Crippen LogP contribution < -0.4 is 20.7 Å². The number of ether oxygens (including phenoxy) is 1. The van der Waals surface area contributed by atoms with E-state index in [-0.39, 0.29) is 0 Å². The van der Waals surface area contributed by atoms with Crippen LogP contribution in [0.15, 0.2) is 71.0 Å². The molecule has 0 atom stereocenters. The largest absolute Gasteiger partial charge is 0.496 e. The van der Waals surface area contributed by atoms with Gasteiger partial charge in [0.25, 0.3) is 0 Å². The number of amides is 2. The minimum Gasteiger partial charge on any atom is -0.496 e. The van der Waals surface area contributed by atoms with Crippen LogP contribution in [0.2, 0.25) is 0 Å². The van der Waals surface area contributed by atoms with Gasteiger partial charge in [-0.3, -0.25) is 9.59 Å². The molecule has 3 N–H and O–H groups in total. The summed E-state index contributed by atoms with van der Waals surface area (Å²) in [6, 6.07) is 13.0. The number of aromatic nitrogens is 2. The van der Waals surface area contributed by atoms with Crippen LogP contribution in [-0.2, 0) is 22.6 Å². The van der Waals surface area contributed by atoms with E-state index in [2.05, 4.69) is 25.9 Å². The summed E-state index contributed by atoms with van der Waals surface area (Å²) in [5.41, 5.74) is 2.49. The summed E-state index contributed by atoms with van der Waals surface area (Å²) < 4.78 is 10.7. The molecule has 2 aromatic heterocycles. The first kappa shape index (κ1) is 24.9. The minimum absolute atomic E-state index is 0.425. The molecule has 0 aliphatic carbocycles. The molecule has 36 heavy (non-hydrogen) atoms. The lowest BCUT2D eigenvalue weighted by atomic mass is 9.94. The molecule has 0 aliphatic rings. The molecule has 2 aromatic carbocycles. The fourth-order valence-electron chi connectivity index (χ4n) is 3.69. The number of benzene rings is 2. The van der Waals surface area contributed by atoms with E-state index in [0.29, 0.717) is 35.7 Å². The third-order valence-electron chi connectivity index (χ3n) is 5.34. The number of rotatable bonds is 9. The number of nitrogens with one attached hydrogen (secondary N) is 3. The maximum Gasteiger partial charge on any atom is 0.313 e. The molecule has 10 heteroatoms. The summed E-state index contributed by atoms with van der Waals surface area (Å²) in [5.74, 6) is -0.471. The van der Waals surface area contributed by atoms with Gasteiger partial charge in [-0.15, -0.1) is 11.3 Å². The van der Waals surface area contributed by atoms with Gasteiger partial charge in [-0.1, -0.05) is 12.1 Å². The van der Waals surface area contributed by atoms with Crippen molar-refractivity contribution < 1.29 is 18.7 Å². The van der Waals surface area contributed by atoms with Crippen LogP contribution in [0.5, 0.6) is 5.75 Å². The third-order valence-corrected chi connectivity index (χ3v) is 6.12. The predicted molar refractivity (Wildman–Crippen MR) is 139 cm³/mol. The van der Waals surface area contributed by atoms with Crippen molar-refractivity contribution in [3.8, 4) is 17.1 Å². The Balaban J connectivity index is 1.32. The van der Waals surface area contributed by atoms with Crippen LogP contribution >= 0.6 is 11.3 Å². The van der Waals surface area contributed by atoms with E-state index in [1.165, 1.54) is 13.5 Å². The molecule has 0 fully saturated rings. The fraction of sp³-hybridized carbons (Fsp3) is 0.231. The van der Waals surface area contributed by atoms with Crippen LogP contribution in [0.25, 0.3) is 11.3 Å². The van der Waals surface area contributed by atoms with E-state index in [1.54, 1.807) is 41.9 Å². The molecule has 2 amide bonds. The van der Waals surface area contributed by atoms with Crippen molar-refractivity contribution in [1.29, 1.82) is 0 Å². The topological polar surface area (TPSA) is 118 Å². The number of methoxy groups -OCH3 is 1. The van der Waals surface area contributed by atoms with Gasteiger partial charge in [0, 0.05) is 34.6 Å². The number of anilines is 2. The van der Waals surface area contributed by atoms with E-state index >= 15 is 0 Å². The summed E-state index contributed by atoms with van der Waals surface area (Å²) in [4.78, 5) is 33.3. The van der Waals surface area contributed by atoms with E-state index in [9.17, 15) is 9.59 Å². The van der Waals surface area contributed by atoms with Crippen molar-refractivity contribution >= 4 is 34.5 Å². The third kappa shape index (κ3) is 6.48. The summed E-state index contributed by atoms with van der Waals surface area (Å²) in [6.45, 7) is 4.42. The Labute approximate surface area is 212 Å². The van der Waals surface area contributed by atoms with Crippen molar-refractivity contribution in [2.45, 2.75) is 32.4 Å². The van der Waals surface area contributed by atoms with Crippen molar-refractivity contribution in [3.63, 3.8) is 0 Å².